The molecule has 0 N–H and O–H groups in total. The van der Waals surface area contributed by atoms with E-state index in [4.69, 9.17) is 0 Å². The molecule has 2 unspecified atom stereocenters. The fourth-order valence-corrected chi connectivity index (χ4v) is 13.6. The molecule has 0 aliphatic heterocycles. The fraction of sp³-hybridized carbons (Fsp3) is 0.429. The van der Waals surface area contributed by atoms with Gasteiger partial charge in [0.05, 0.1) is 0 Å². The van der Waals surface area contributed by atoms with Crippen LogP contribution >= 0.6 is 0 Å². The van der Waals surface area contributed by atoms with Crippen molar-refractivity contribution < 1.29 is 22.9 Å². The number of hydrogen-bond acceptors (Lipinski definition) is 0. The molecule has 0 radical (unpaired) electrons. The molecule has 29 heavy (non-hydrogen) atoms. The molecule has 0 aromatic heterocycles. The maximum atomic E-state index is 2.60. The molecule has 4 aliphatic rings. The summed E-state index contributed by atoms with van der Waals surface area (Å²) in [4.78, 5) is 0. The zero-order valence-electron chi connectivity index (χ0n) is 18.2. The first-order chi connectivity index (χ1) is 14.1. The monoisotopic (exact) mass is 546 g/mol. The third-order valence-corrected chi connectivity index (χ3v) is 14.4. The summed E-state index contributed by atoms with van der Waals surface area (Å²) in [6.07, 6.45) is 18.1. The molecule has 0 fully saturated rings. The van der Waals surface area contributed by atoms with Gasteiger partial charge in [-0.2, -0.15) is 0 Å². The van der Waals surface area contributed by atoms with Gasteiger partial charge in [0.2, 0.25) is 0 Å². The second kappa shape index (κ2) is 6.64. The van der Waals surface area contributed by atoms with Crippen LogP contribution in [-0.2, 0) is 48.6 Å². The molecule has 0 spiro atoms. The van der Waals surface area contributed by atoms with Gasteiger partial charge in [-0.05, 0) is 0 Å². The number of rotatable bonds is 2. The van der Waals surface area contributed by atoms with Crippen LogP contribution in [0.25, 0.3) is 12.2 Å². The Bertz CT molecular complexity index is 1040. The minimum absolute atomic E-state index is 0.767. The molecule has 0 amide bonds. The molecule has 146 valence electrons. The second-order valence-electron chi connectivity index (χ2n) is 9.62. The van der Waals surface area contributed by atoms with Crippen molar-refractivity contribution >= 4 is 12.2 Å². The van der Waals surface area contributed by atoms with Gasteiger partial charge in [-0.25, -0.2) is 0 Å². The van der Waals surface area contributed by atoms with Crippen molar-refractivity contribution in [3.63, 3.8) is 0 Å². The van der Waals surface area contributed by atoms with Crippen molar-refractivity contribution in [1.82, 2.24) is 0 Å². The number of benzene rings is 2. The molecular formula is C28H30Hf. The van der Waals surface area contributed by atoms with E-state index in [0.717, 1.165) is 7.35 Å². The summed E-state index contributed by atoms with van der Waals surface area (Å²) in [5, 5.41) is 0. The van der Waals surface area contributed by atoms with Crippen LogP contribution in [-0.4, -0.2) is 0 Å². The van der Waals surface area contributed by atoms with Crippen molar-refractivity contribution in [2.45, 2.75) is 73.6 Å². The minimum atomic E-state index is -0.956. The predicted octanol–water partition coefficient (Wildman–Crippen LogP) is 6.82. The van der Waals surface area contributed by atoms with Crippen LogP contribution in [0.4, 0.5) is 0 Å². The molecule has 2 aromatic carbocycles. The van der Waals surface area contributed by atoms with Gasteiger partial charge in [-0.15, -0.1) is 0 Å². The van der Waals surface area contributed by atoms with Gasteiger partial charge in [0.1, 0.15) is 0 Å². The van der Waals surface area contributed by atoms with Gasteiger partial charge in [-0.1, -0.05) is 0 Å². The molecule has 0 saturated heterocycles. The SMILES string of the molecule is Cc1c2c(c(C)c3c1CCC3)[CH]([Hf][CH]1C=Cc3c(C)c4c(c(C)c31)CCC4)C=C2. The summed E-state index contributed by atoms with van der Waals surface area (Å²) in [5.74, 6) is 0. The zero-order chi connectivity index (χ0) is 19.9. The summed E-state index contributed by atoms with van der Waals surface area (Å²) < 4.78 is 1.53. The average molecular weight is 545 g/mol. The molecule has 0 heterocycles. The maximum absolute atomic E-state index is 2.60. The average Bonchev–Trinajstić information content (AvgIpc) is 3.50. The third-order valence-electron chi connectivity index (χ3n) is 8.33. The van der Waals surface area contributed by atoms with E-state index in [0.29, 0.717) is 0 Å². The van der Waals surface area contributed by atoms with Gasteiger partial charge in [0.25, 0.3) is 0 Å². The molecule has 6 rings (SSSR count). The van der Waals surface area contributed by atoms with Crippen LogP contribution in [0.1, 0.15) is 87.0 Å². The summed E-state index contributed by atoms with van der Waals surface area (Å²) in [5.41, 5.74) is 20.0. The van der Waals surface area contributed by atoms with E-state index >= 15 is 0 Å². The molecule has 4 aliphatic carbocycles. The molecule has 1 heteroatoms. The summed E-state index contributed by atoms with van der Waals surface area (Å²) in [6.45, 7) is 9.66. The topological polar surface area (TPSA) is 0 Å². The van der Waals surface area contributed by atoms with Crippen LogP contribution in [0.3, 0.4) is 0 Å². The van der Waals surface area contributed by atoms with E-state index in [1.165, 1.54) is 38.5 Å². The first-order valence-electron chi connectivity index (χ1n) is 11.5. The van der Waals surface area contributed by atoms with Gasteiger partial charge in [0.15, 0.2) is 0 Å². The van der Waals surface area contributed by atoms with Crippen LogP contribution < -0.4 is 0 Å². The Morgan fingerprint density at radius 1 is 0.586 bits per heavy atom. The van der Waals surface area contributed by atoms with E-state index in [-0.39, 0.29) is 0 Å². The summed E-state index contributed by atoms with van der Waals surface area (Å²) >= 11 is -0.956. The molecule has 2 atom stereocenters. The van der Waals surface area contributed by atoms with E-state index < -0.39 is 22.9 Å². The molecule has 0 bridgehead atoms. The molecule has 2 aromatic rings. The molecule has 0 nitrogen and oxygen atoms in total. The predicted molar refractivity (Wildman–Crippen MR) is 119 cm³/mol. The Balaban J connectivity index is 1.41. The number of allylic oxidation sites excluding steroid dienone is 2. The Hall–Kier alpha value is -1.21. The quantitative estimate of drug-likeness (QED) is 0.364. The Morgan fingerprint density at radius 3 is 1.38 bits per heavy atom. The summed E-state index contributed by atoms with van der Waals surface area (Å²) in [7, 11) is 0. The first kappa shape index (κ1) is 18.6. The van der Waals surface area contributed by atoms with Crippen LogP contribution in [0.2, 0.25) is 0 Å². The van der Waals surface area contributed by atoms with Gasteiger partial charge >= 0.3 is 188 Å². The van der Waals surface area contributed by atoms with E-state index in [1.54, 1.807) is 66.8 Å². The van der Waals surface area contributed by atoms with E-state index in [2.05, 4.69) is 52.0 Å². The van der Waals surface area contributed by atoms with Crippen molar-refractivity contribution in [3.05, 3.63) is 78.9 Å². The van der Waals surface area contributed by atoms with Crippen molar-refractivity contribution in [3.8, 4) is 0 Å². The standard InChI is InChI=1S/2C14H15.Hf/c2*1-9-11-5-3-7-13(11)10(2)14-8-4-6-12(9)14;/h2*3,5,7H,4,6,8H2,1-2H3;. The van der Waals surface area contributed by atoms with Crippen LogP contribution in [0, 0.1) is 27.7 Å². The zero-order valence-corrected chi connectivity index (χ0v) is 21.8. The van der Waals surface area contributed by atoms with Crippen LogP contribution in [0.5, 0.6) is 0 Å². The van der Waals surface area contributed by atoms with Crippen molar-refractivity contribution in [1.29, 1.82) is 0 Å². The normalized spacial score (nSPS) is 22.8. The first-order valence-corrected chi connectivity index (χ1v) is 15.6. The Morgan fingerprint density at radius 2 is 0.966 bits per heavy atom. The number of fused-ring (bicyclic) bond motifs is 4. The van der Waals surface area contributed by atoms with Gasteiger partial charge < -0.3 is 0 Å². The van der Waals surface area contributed by atoms with E-state index in [1.807, 2.05) is 0 Å². The third kappa shape index (κ3) is 2.52. The number of hydrogen-bond donors (Lipinski definition) is 0. The molecular weight excluding hydrogens is 515 g/mol. The van der Waals surface area contributed by atoms with Crippen molar-refractivity contribution in [2.75, 3.05) is 0 Å². The Labute approximate surface area is 186 Å². The fourth-order valence-electron chi connectivity index (χ4n) is 6.88. The Kier molecular flexibility index (Phi) is 4.25. The second-order valence-corrected chi connectivity index (χ2v) is 15.3. The van der Waals surface area contributed by atoms with E-state index in [9.17, 15) is 0 Å². The molecule has 0 saturated carbocycles. The van der Waals surface area contributed by atoms with Gasteiger partial charge in [0, 0.05) is 0 Å². The summed E-state index contributed by atoms with van der Waals surface area (Å²) in [6, 6.07) is 0. The van der Waals surface area contributed by atoms with Gasteiger partial charge in [-0.3, -0.25) is 0 Å². The van der Waals surface area contributed by atoms with Crippen molar-refractivity contribution in [2.24, 2.45) is 0 Å². The van der Waals surface area contributed by atoms with Crippen LogP contribution in [0.15, 0.2) is 12.2 Å².